The van der Waals surface area contributed by atoms with Crippen LogP contribution < -0.4 is 0 Å². The van der Waals surface area contributed by atoms with Crippen LogP contribution in [0.15, 0.2) is 42.6 Å². The highest BCUT2D eigenvalue weighted by Crippen LogP contribution is 2.37. The molecule has 1 nitrogen and oxygen atoms in total. The molecule has 1 saturated carbocycles. The summed E-state index contributed by atoms with van der Waals surface area (Å²) in [7, 11) is 0. The quantitative estimate of drug-likeness (QED) is 0.349. The Morgan fingerprint density at radius 2 is 1.41 bits per heavy atom. The highest BCUT2D eigenvalue weighted by atomic mass is 14.7. The van der Waals surface area contributed by atoms with E-state index < -0.39 is 0 Å². The smallest absolute Gasteiger partial charge is 0.0434 e. The minimum absolute atomic E-state index is 0.678. The Bertz CT molecular complexity index is 677. The molecule has 1 heteroatoms. The molecule has 1 heterocycles. The lowest BCUT2D eigenvalue weighted by molar-refractivity contribution is 0.305. The first-order valence-corrected chi connectivity index (χ1v) is 12.4. The van der Waals surface area contributed by atoms with Gasteiger partial charge in [-0.25, -0.2) is 0 Å². The molecule has 0 atom stereocenters. The van der Waals surface area contributed by atoms with Crippen molar-refractivity contribution in [2.24, 2.45) is 5.92 Å². The molecule has 1 aromatic heterocycles. The predicted molar refractivity (Wildman–Crippen MR) is 126 cm³/mol. The first-order valence-electron chi connectivity index (χ1n) is 12.4. The minimum Gasteiger partial charge on any atom is -0.260 e. The van der Waals surface area contributed by atoms with Crippen molar-refractivity contribution in [3.63, 3.8) is 0 Å². The second-order valence-corrected chi connectivity index (χ2v) is 9.19. The normalized spacial score (nSPS) is 19.4. The van der Waals surface area contributed by atoms with E-state index in [4.69, 9.17) is 4.98 Å². The SMILES string of the molecule is CCCCCCCCc1ccc(-c2ccc(C3CCC(CCC)CC3)nc2)cc1. The van der Waals surface area contributed by atoms with Crippen LogP contribution in [0.4, 0.5) is 0 Å². The zero-order valence-corrected chi connectivity index (χ0v) is 18.8. The Labute approximate surface area is 179 Å². The van der Waals surface area contributed by atoms with E-state index in [-0.39, 0.29) is 0 Å². The molecule has 1 aromatic carbocycles. The summed E-state index contributed by atoms with van der Waals surface area (Å²) in [4.78, 5) is 4.86. The van der Waals surface area contributed by atoms with Crippen molar-refractivity contribution >= 4 is 0 Å². The Morgan fingerprint density at radius 3 is 2.07 bits per heavy atom. The number of nitrogens with zero attached hydrogens (tertiary/aromatic N) is 1. The fraction of sp³-hybridized carbons (Fsp3) is 0.607. The second kappa shape index (κ2) is 12.2. The summed E-state index contributed by atoms with van der Waals surface area (Å²) >= 11 is 0. The van der Waals surface area contributed by atoms with Gasteiger partial charge in [0.2, 0.25) is 0 Å². The number of hydrogen-bond donors (Lipinski definition) is 0. The molecule has 0 unspecified atom stereocenters. The predicted octanol–water partition coefficient (Wildman–Crippen LogP) is 8.73. The third-order valence-electron chi connectivity index (χ3n) is 6.85. The first-order chi connectivity index (χ1) is 14.3. The van der Waals surface area contributed by atoms with Crippen molar-refractivity contribution in [1.29, 1.82) is 0 Å². The molecule has 1 aliphatic carbocycles. The van der Waals surface area contributed by atoms with Crippen molar-refractivity contribution in [3.8, 4) is 11.1 Å². The average molecular weight is 392 g/mol. The van der Waals surface area contributed by atoms with Crippen LogP contribution in [-0.4, -0.2) is 4.98 Å². The molecule has 0 radical (unpaired) electrons. The van der Waals surface area contributed by atoms with Crippen LogP contribution >= 0.6 is 0 Å². The van der Waals surface area contributed by atoms with E-state index in [9.17, 15) is 0 Å². The fourth-order valence-corrected chi connectivity index (χ4v) is 4.95. The van der Waals surface area contributed by atoms with E-state index in [0.717, 1.165) is 5.92 Å². The first kappa shape index (κ1) is 22.1. The third-order valence-corrected chi connectivity index (χ3v) is 6.85. The van der Waals surface area contributed by atoms with E-state index >= 15 is 0 Å². The van der Waals surface area contributed by atoms with Crippen molar-refractivity contribution in [3.05, 3.63) is 53.9 Å². The van der Waals surface area contributed by atoms with Crippen molar-refractivity contribution in [2.75, 3.05) is 0 Å². The highest BCUT2D eigenvalue weighted by Gasteiger charge is 2.22. The molecule has 0 bridgehead atoms. The summed E-state index contributed by atoms with van der Waals surface area (Å²) in [6.45, 7) is 4.59. The zero-order valence-electron chi connectivity index (χ0n) is 18.8. The minimum atomic E-state index is 0.678. The van der Waals surface area contributed by atoms with Gasteiger partial charge in [0.25, 0.3) is 0 Å². The molecule has 0 aliphatic heterocycles. The van der Waals surface area contributed by atoms with Gasteiger partial charge in [-0.3, -0.25) is 4.98 Å². The van der Waals surface area contributed by atoms with Crippen molar-refractivity contribution in [2.45, 2.75) is 103 Å². The van der Waals surface area contributed by atoms with Gasteiger partial charge in [-0.1, -0.05) is 89.1 Å². The van der Waals surface area contributed by atoms with E-state index in [1.165, 1.54) is 106 Å². The van der Waals surface area contributed by atoms with Crippen molar-refractivity contribution < 1.29 is 0 Å². The Morgan fingerprint density at radius 1 is 0.724 bits per heavy atom. The van der Waals surface area contributed by atoms with E-state index in [0.29, 0.717) is 5.92 Å². The van der Waals surface area contributed by atoms with Crippen LogP contribution in [0.25, 0.3) is 11.1 Å². The Hall–Kier alpha value is -1.63. The molecule has 0 N–H and O–H groups in total. The van der Waals surface area contributed by atoms with E-state index in [1.807, 2.05) is 0 Å². The molecule has 158 valence electrons. The number of benzene rings is 1. The molecule has 0 spiro atoms. The van der Waals surface area contributed by atoms with Gasteiger partial charge in [0.15, 0.2) is 0 Å². The van der Waals surface area contributed by atoms with Gasteiger partial charge in [0.1, 0.15) is 0 Å². The van der Waals surface area contributed by atoms with Crippen LogP contribution in [0, 0.1) is 5.92 Å². The molecular formula is C28H41N. The molecule has 2 aromatic rings. The maximum absolute atomic E-state index is 4.86. The molecule has 29 heavy (non-hydrogen) atoms. The van der Waals surface area contributed by atoms with Gasteiger partial charge in [-0.2, -0.15) is 0 Å². The van der Waals surface area contributed by atoms with Crippen LogP contribution in [0.2, 0.25) is 0 Å². The Kier molecular flexibility index (Phi) is 9.25. The summed E-state index contributed by atoms with van der Waals surface area (Å²) in [6, 6.07) is 13.7. The third kappa shape index (κ3) is 6.98. The topological polar surface area (TPSA) is 12.9 Å². The standard InChI is InChI=1S/C28H41N/c1-3-5-6-7-8-9-11-24-12-16-25(17-13-24)27-20-21-28(29-22-27)26-18-14-23(10-4-2)15-19-26/h12-13,16-17,20-23,26H,3-11,14-15,18-19H2,1-2H3. The molecular weight excluding hydrogens is 350 g/mol. The molecule has 0 saturated heterocycles. The number of aryl methyl sites for hydroxylation is 1. The summed E-state index contributed by atoms with van der Waals surface area (Å²) in [5.41, 5.74) is 5.32. The van der Waals surface area contributed by atoms with Gasteiger partial charge in [-0.05, 0) is 61.6 Å². The van der Waals surface area contributed by atoms with Crippen LogP contribution in [0.5, 0.6) is 0 Å². The summed E-state index contributed by atoms with van der Waals surface area (Å²) in [5.74, 6) is 1.64. The average Bonchev–Trinajstić information content (AvgIpc) is 2.78. The molecule has 3 rings (SSSR count). The van der Waals surface area contributed by atoms with E-state index in [1.54, 1.807) is 0 Å². The number of aromatic nitrogens is 1. The maximum Gasteiger partial charge on any atom is 0.0434 e. The lowest BCUT2D eigenvalue weighted by Crippen LogP contribution is -2.14. The fourth-order valence-electron chi connectivity index (χ4n) is 4.95. The monoisotopic (exact) mass is 391 g/mol. The maximum atomic E-state index is 4.86. The lowest BCUT2D eigenvalue weighted by Gasteiger charge is -2.28. The summed E-state index contributed by atoms with van der Waals surface area (Å²) in [5, 5.41) is 0. The van der Waals surface area contributed by atoms with Crippen LogP contribution in [-0.2, 0) is 6.42 Å². The number of rotatable bonds is 11. The molecule has 1 fully saturated rings. The number of hydrogen-bond acceptors (Lipinski definition) is 1. The van der Waals surface area contributed by atoms with E-state index in [2.05, 4.69) is 56.4 Å². The van der Waals surface area contributed by atoms with Crippen LogP contribution in [0.1, 0.15) is 108 Å². The van der Waals surface area contributed by atoms with Gasteiger partial charge >= 0.3 is 0 Å². The second-order valence-electron chi connectivity index (χ2n) is 9.19. The number of unbranched alkanes of at least 4 members (excludes halogenated alkanes) is 5. The highest BCUT2D eigenvalue weighted by molar-refractivity contribution is 5.62. The Balaban J connectivity index is 1.47. The largest absolute Gasteiger partial charge is 0.260 e. The van der Waals surface area contributed by atoms with Gasteiger partial charge in [-0.15, -0.1) is 0 Å². The summed E-state index contributed by atoms with van der Waals surface area (Å²) in [6.07, 6.45) is 19.7. The molecule has 0 amide bonds. The van der Waals surface area contributed by atoms with Crippen LogP contribution in [0.3, 0.4) is 0 Å². The lowest BCUT2D eigenvalue weighted by atomic mass is 9.78. The molecule has 1 aliphatic rings. The zero-order chi connectivity index (χ0) is 20.3. The van der Waals surface area contributed by atoms with Gasteiger partial charge in [0, 0.05) is 23.4 Å². The van der Waals surface area contributed by atoms with Gasteiger partial charge in [0.05, 0.1) is 0 Å². The number of pyridine rings is 1. The summed E-state index contributed by atoms with van der Waals surface area (Å²) < 4.78 is 0. The van der Waals surface area contributed by atoms with Gasteiger partial charge < -0.3 is 0 Å². The van der Waals surface area contributed by atoms with Crippen molar-refractivity contribution in [1.82, 2.24) is 4.98 Å².